The molecular formula is C11H13NO2. The maximum Gasteiger partial charge on any atom is 0.174 e. The van der Waals surface area contributed by atoms with E-state index in [9.17, 15) is 0 Å². The molecule has 0 saturated carbocycles. The van der Waals surface area contributed by atoms with Crippen molar-refractivity contribution in [2.45, 2.75) is 6.42 Å². The lowest BCUT2D eigenvalue weighted by Crippen LogP contribution is -1.96. The summed E-state index contributed by atoms with van der Waals surface area (Å²) in [7, 11) is 1.68. The number of ether oxygens (including phenoxy) is 2. The highest BCUT2D eigenvalue weighted by Crippen LogP contribution is 2.12. The third kappa shape index (κ3) is 3.46. The zero-order valence-electron chi connectivity index (χ0n) is 8.19. The standard InChI is InChI=1S/C11H13NO2/c1-13-8-6-10-2-4-11(5-3-10)14-9-7-12/h2-5H,6,8-9H2,1H3. The van der Waals surface area contributed by atoms with Crippen molar-refractivity contribution in [2.24, 2.45) is 0 Å². The minimum absolute atomic E-state index is 0.0947. The molecule has 0 aromatic heterocycles. The lowest BCUT2D eigenvalue weighted by atomic mass is 10.1. The number of rotatable bonds is 5. The molecule has 1 aromatic rings. The van der Waals surface area contributed by atoms with E-state index in [1.165, 1.54) is 5.56 Å². The molecule has 0 unspecified atom stereocenters. The molecule has 0 aliphatic carbocycles. The van der Waals surface area contributed by atoms with Crippen LogP contribution in [0.5, 0.6) is 5.75 Å². The van der Waals surface area contributed by atoms with E-state index in [1.807, 2.05) is 30.3 Å². The number of hydrogen-bond acceptors (Lipinski definition) is 3. The van der Waals surface area contributed by atoms with Gasteiger partial charge in [0, 0.05) is 7.11 Å². The highest BCUT2D eigenvalue weighted by Gasteiger charge is 1.94. The van der Waals surface area contributed by atoms with E-state index in [4.69, 9.17) is 14.7 Å². The lowest BCUT2D eigenvalue weighted by Gasteiger charge is -2.03. The van der Waals surface area contributed by atoms with Crippen molar-refractivity contribution in [3.63, 3.8) is 0 Å². The molecule has 0 amide bonds. The maximum atomic E-state index is 8.31. The van der Waals surface area contributed by atoms with Crippen LogP contribution in [-0.4, -0.2) is 20.3 Å². The average Bonchev–Trinajstić information content (AvgIpc) is 2.25. The molecule has 1 aromatic carbocycles. The minimum Gasteiger partial charge on any atom is -0.479 e. The van der Waals surface area contributed by atoms with Gasteiger partial charge in [-0.1, -0.05) is 12.1 Å². The number of hydrogen-bond donors (Lipinski definition) is 0. The second kappa shape index (κ2) is 6.01. The van der Waals surface area contributed by atoms with Gasteiger partial charge in [0.2, 0.25) is 0 Å². The van der Waals surface area contributed by atoms with Crippen molar-refractivity contribution < 1.29 is 9.47 Å². The molecule has 0 spiro atoms. The van der Waals surface area contributed by atoms with E-state index in [0.717, 1.165) is 18.8 Å². The van der Waals surface area contributed by atoms with Crippen LogP contribution in [0.15, 0.2) is 24.3 Å². The highest BCUT2D eigenvalue weighted by molar-refractivity contribution is 5.27. The second-order valence-electron chi connectivity index (χ2n) is 2.83. The van der Waals surface area contributed by atoms with E-state index >= 15 is 0 Å². The first kappa shape index (κ1) is 10.6. The van der Waals surface area contributed by atoms with Gasteiger partial charge in [0.1, 0.15) is 11.8 Å². The number of benzene rings is 1. The van der Waals surface area contributed by atoms with E-state index in [2.05, 4.69) is 0 Å². The van der Waals surface area contributed by atoms with Crippen molar-refractivity contribution in [1.82, 2.24) is 0 Å². The fourth-order valence-corrected chi connectivity index (χ4v) is 1.09. The summed E-state index contributed by atoms with van der Waals surface area (Å²) in [6.07, 6.45) is 0.898. The molecule has 3 nitrogen and oxygen atoms in total. The van der Waals surface area contributed by atoms with Gasteiger partial charge in [-0.25, -0.2) is 0 Å². The Hall–Kier alpha value is -1.53. The van der Waals surface area contributed by atoms with Gasteiger partial charge in [-0.2, -0.15) is 5.26 Å². The van der Waals surface area contributed by atoms with E-state index < -0.39 is 0 Å². The third-order valence-corrected chi connectivity index (χ3v) is 1.82. The molecule has 0 bridgehead atoms. The van der Waals surface area contributed by atoms with Crippen LogP contribution in [0.1, 0.15) is 5.56 Å². The molecule has 0 saturated heterocycles. The van der Waals surface area contributed by atoms with Gasteiger partial charge in [0.25, 0.3) is 0 Å². The summed E-state index contributed by atoms with van der Waals surface area (Å²) in [6.45, 7) is 0.815. The fraction of sp³-hybridized carbons (Fsp3) is 0.364. The Morgan fingerprint density at radius 1 is 1.29 bits per heavy atom. The van der Waals surface area contributed by atoms with Crippen LogP contribution >= 0.6 is 0 Å². The Bertz CT molecular complexity index is 300. The molecular weight excluding hydrogens is 178 g/mol. The quantitative estimate of drug-likeness (QED) is 0.712. The smallest absolute Gasteiger partial charge is 0.174 e. The summed E-state index contributed by atoms with van der Waals surface area (Å²) in [6, 6.07) is 9.61. The molecule has 0 aliphatic rings. The van der Waals surface area contributed by atoms with Crippen molar-refractivity contribution in [1.29, 1.82) is 5.26 Å². The zero-order chi connectivity index (χ0) is 10.2. The van der Waals surface area contributed by atoms with Gasteiger partial charge >= 0.3 is 0 Å². The van der Waals surface area contributed by atoms with Gasteiger partial charge < -0.3 is 9.47 Å². The maximum absolute atomic E-state index is 8.31. The minimum atomic E-state index is 0.0947. The van der Waals surface area contributed by atoms with Gasteiger partial charge in [0.05, 0.1) is 6.61 Å². The summed E-state index contributed by atoms with van der Waals surface area (Å²) in [4.78, 5) is 0. The first-order chi connectivity index (χ1) is 6.86. The Kier molecular flexibility index (Phi) is 4.53. The zero-order valence-corrected chi connectivity index (χ0v) is 8.19. The van der Waals surface area contributed by atoms with Gasteiger partial charge in [-0.3, -0.25) is 0 Å². The summed E-state index contributed by atoms with van der Waals surface area (Å²) in [5.74, 6) is 0.729. The van der Waals surface area contributed by atoms with Gasteiger partial charge in [0.15, 0.2) is 6.61 Å². The predicted octanol–water partition coefficient (Wildman–Crippen LogP) is 1.78. The Balaban J connectivity index is 2.47. The molecule has 3 heteroatoms. The first-order valence-corrected chi connectivity index (χ1v) is 4.44. The average molecular weight is 191 g/mol. The molecule has 0 atom stereocenters. The highest BCUT2D eigenvalue weighted by atomic mass is 16.5. The number of nitrogens with zero attached hydrogens (tertiary/aromatic N) is 1. The lowest BCUT2D eigenvalue weighted by molar-refractivity contribution is 0.202. The summed E-state index contributed by atoms with van der Waals surface area (Å²) in [5.41, 5.74) is 1.20. The fourth-order valence-electron chi connectivity index (χ4n) is 1.09. The molecule has 0 radical (unpaired) electrons. The van der Waals surface area contributed by atoms with Crippen molar-refractivity contribution in [3.05, 3.63) is 29.8 Å². The monoisotopic (exact) mass is 191 g/mol. The molecule has 14 heavy (non-hydrogen) atoms. The van der Waals surface area contributed by atoms with Crippen LogP contribution in [0.4, 0.5) is 0 Å². The largest absolute Gasteiger partial charge is 0.479 e. The predicted molar refractivity (Wildman–Crippen MR) is 53.1 cm³/mol. The molecule has 0 aliphatic heterocycles. The van der Waals surface area contributed by atoms with Crippen LogP contribution in [0, 0.1) is 11.3 Å². The molecule has 0 heterocycles. The van der Waals surface area contributed by atoms with Crippen LogP contribution in [0.3, 0.4) is 0 Å². The molecule has 74 valence electrons. The summed E-state index contributed by atoms with van der Waals surface area (Å²) >= 11 is 0. The van der Waals surface area contributed by atoms with Gasteiger partial charge in [-0.15, -0.1) is 0 Å². The topological polar surface area (TPSA) is 42.2 Å². The number of methoxy groups -OCH3 is 1. The van der Waals surface area contributed by atoms with Crippen LogP contribution < -0.4 is 4.74 Å². The SMILES string of the molecule is COCCc1ccc(OCC#N)cc1. The molecule has 0 N–H and O–H groups in total. The summed E-state index contributed by atoms with van der Waals surface area (Å²) < 4.78 is 10.1. The Labute approximate surface area is 83.9 Å². The summed E-state index contributed by atoms with van der Waals surface area (Å²) in [5, 5.41) is 8.31. The van der Waals surface area contributed by atoms with E-state index in [-0.39, 0.29) is 6.61 Å². The molecule has 1 rings (SSSR count). The number of nitriles is 1. The van der Waals surface area contributed by atoms with Crippen molar-refractivity contribution >= 4 is 0 Å². The van der Waals surface area contributed by atoms with Crippen LogP contribution in [-0.2, 0) is 11.2 Å². The van der Waals surface area contributed by atoms with Crippen molar-refractivity contribution in [2.75, 3.05) is 20.3 Å². The normalized spacial score (nSPS) is 9.43. The second-order valence-corrected chi connectivity index (χ2v) is 2.83. The first-order valence-electron chi connectivity index (χ1n) is 4.44. The Morgan fingerprint density at radius 2 is 2.00 bits per heavy atom. The molecule has 0 fully saturated rings. The van der Waals surface area contributed by atoms with Crippen molar-refractivity contribution in [3.8, 4) is 11.8 Å². The van der Waals surface area contributed by atoms with E-state index in [0.29, 0.717) is 0 Å². The third-order valence-electron chi connectivity index (χ3n) is 1.82. The van der Waals surface area contributed by atoms with Crippen LogP contribution in [0.25, 0.3) is 0 Å². The van der Waals surface area contributed by atoms with Crippen LogP contribution in [0.2, 0.25) is 0 Å². The van der Waals surface area contributed by atoms with E-state index in [1.54, 1.807) is 7.11 Å². The Morgan fingerprint density at radius 3 is 2.57 bits per heavy atom. The van der Waals surface area contributed by atoms with Gasteiger partial charge in [-0.05, 0) is 24.1 Å².